The summed E-state index contributed by atoms with van der Waals surface area (Å²) in [5, 5.41) is 0. The summed E-state index contributed by atoms with van der Waals surface area (Å²) in [5.74, 6) is 1.85. The van der Waals surface area contributed by atoms with Crippen LogP contribution in [-0.2, 0) is 0 Å². The predicted molar refractivity (Wildman–Crippen MR) is 45.6 cm³/mol. The fourth-order valence-corrected chi connectivity index (χ4v) is 1.18. The van der Waals surface area contributed by atoms with Gasteiger partial charge < -0.3 is 4.42 Å². The van der Waals surface area contributed by atoms with Gasteiger partial charge in [0, 0.05) is 10.4 Å². The molecule has 2 heteroatoms. The Morgan fingerprint density at radius 3 is 2.30 bits per heavy atom. The SMILES string of the molecule is CC(=S)c1cc(C)oc1C. The van der Waals surface area contributed by atoms with Crippen LogP contribution in [0.1, 0.15) is 24.0 Å². The lowest BCUT2D eigenvalue weighted by atomic mass is 10.2. The highest BCUT2D eigenvalue weighted by Crippen LogP contribution is 2.14. The molecule has 0 aliphatic heterocycles. The molecule has 0 atom stereocenters. The zero-order chi connectivity index (χ0) is 7.72. The molecule has 1 rings (SSSR count). The van der Waals surface area contributed by atoms with E-state index in [-0.39, 0.29) is 0 Å². The first-order valence-electron chi connectivity index (χ1n) is 3.19. The molecule has 1 aromatic heterocycles. The van der Waals surface area contributed by atoms with E-state index in [0.29, 0.717) is 0 Å². The lowest BCUT2D eigenvalue weighted by Crippen LogP contribution is -1.88. The first-order valence-corrected chi connectivity index (χ1v) is 3.60. The zero-order valence-corrected chi connectivity index (χ0v) is 7.21. The van der Waals surface area contributed by atoms with Crippen LogP contribution in [0.3, 0.4) is 0 Å². The van der Waals surface area contributed by atoms with E-state index in [1.165, 1.54) is 0 Å². The summed E-state index contributed by atoms with van der Waals surface area (Å²) in [6.07, 6.45) is 0. The second-order valence-electron chi connectivity index (χ2n) is 2.38. The summed E-state index contributed by atoms with van der Waals surface area (Å²) in [6, 6.07) is 1.97. The van der Waals surface area contributed by atoms with Crippen molar-refractivity contribution in [2.45, 2.75) is 20.8 Å². The van der Waals surface area contributed by atoms with Gasteiger partial charge in [-0.15, -0.1) is 0 Å². The number of thiocarbonyl (C=S) groups is 1. The Kier molecular flexibility index (Phi) is 1.90. The molecule has 0 aliphatic carbocycles. The molecule has 0 N–H and O–H groups in total. The molecule has 54 valence electrons. The molecule has 0 spiro atoms. The van der Waals surface area contributed by atoms with Crippen molar-refractivity contribution in [1.29, 1.82) is 0 Å². The molecule has 0 unspecified atom stereocenters. The Bertz CT molecular complexity index is 260. The number of furan rings is 1. The fraction of sp³-hybridized carbons (Fsp3) is 0.375. The van der Waals surface area contributed by atoms with E-state index in [1.54, 1.807) is 0 Å². The monoisotopic (exact) mass is 154 g/mol. The van der Waals surface area contributed by atoms with Crippen molar-refractivity contribution in [2.75, 3.05) is 0 Å². The maximum atomic E-state index is 5.29. The number of hydrogen-bond acceptors (Lipinski definition) is 2. The molecular weight excluding hydrogens is 144 g/mol. The highest BCUT2D eigenvalue weighted by atomic mass is 32.1. The largest absolute Gasteiger partial charge is 0.466 e. The van der Waals surface area contributed by atoms with Crippen molar-refractivity contribution in [1.82, 2.24) is 0 Å². The van der Waals surface area contributed by atoms with Gasteiger partial charge in [-0.2, -0.15) is 0 Å². The molecule has 0 aliphatic rings. The van der Waals surface area contributed by atoms with E-state index < -0.39 is 0 Å². The lowest BCUT2D eigenvalue weighted by molar-refractivity contribution is 0.504. The van der Waals surface area contributed by atoms with Crippen molar-refractivity contribution < 1.29 is 4.42 Å². The third-order valence-electron chi connectivity index (χ3n) is 1.42. The third kappa shape index (κ3) is 1.27. The molecule has 0 bridgehead atoms. The van der Waals surface area contributed by atoms with Gasteiger partial charge >= 0.3 is 0 Å². The van der Waals surface area contributed by atoms with Gasteiger partial charge in [0.2, 0.25) is 0 Å². The van der Waals surface area contributed by atoms with Crippen LogP contribution in [0.25, 0.3) is 0 Å². The van der Waals surface area contributed by atoms with E-state index in [2.05, 4.69) is 0 Å². The minimum Gasteiger partial charge on any atom is -0.466 e. The minimum atomic E-state index is 0.898. The van der Waals surface area contributed by atoms with Crippen LogP contribution in [0, 0.1) is 13.8 Å². The highest BCUT2D eigenvalue weighted by Gasteiger charge is 2.04. The molecule has 0 saturated carbocycles. The Morgan fingerprint density at radius 2 is 2.10 bits per heavy atom. The van der Waals surface area contributed by atoms with Crippen molar-refractivity contribution in [3.63, 3.8) is 0 Å². The second kappa shape index (κ2) is 2.54. The van der Waals surface area contributed by atoms with Crippen LogP contribution in [0.4, 0.5) is 0 Å². The van der Waals surface area contributed by atoms with Gasteiger partial charge in [0.25, 0.3) is 0 Å². The maximum Gasteiger partial charge on any atom is 0.109 e. The lowest BCUT2D eigenvalue weighted by Gasteiger charge is -1.89. The fourth-order valence-electron chi connectivity index (χ4n) is 0.980. The highest BCUT2D eigenvalue weighted by molar-refractivity contribution is 7.80. The van der Waals surface area contributed by atoms with Crippen LogP contribution < -0.4 is 0 Å². The van der Waals surface area contributed by atoms with Crippen LogP contribution >= 0.6 is 12.2 Å². The van der Waals surface area contributed by atoms with Crippen molar-refractivity contribution in [3.05, 3.63) is 23.2 Å². The number of hydrogen-bond donors (Lipinski definition) is 0. The summed E-state index contributed by atoms with van der Waals surface area (Å²) in [6.45, 7) is 5.76. The number of aryl methyl sites for hydroxylation is 2. The summed E-state index contributed by atoms with van der Waals surface area (Å²) in [7, 11) is 0. The minimum absolute atomic E-state index is 0.898. The van der Waals surface area contributed by atoms with Crippen molar-refractivity contribution >= 4 is 17.1 Å². The van der Waals surface area contributed by atoms with E-state index >= 15 is 0 Å². The van der Waals surface area contributed by atoms with Crippen LogP contribution in [0.2, 0.25) is 0 Å². The summed E-state index contributed by atoms with van der Waals surface area (Å²) >= 11 is 5.00. The Balaban J connectivity index is 3.15. The number of rotatable bonds is 1. The molecule has 1 nitrogen and oxygen atoms in total. The van der Waals surface area contributed by atoms with Gasteiger partial charge in [-0.1, -0.05) is 12.2 Å². The van der Waals surface area contributed by atoms with Gasteiger partial charge in [0.1, 0.15) is 11.5 Å². The molecule has 10 heavy (non-hydrogen) atoms. The van der Waals surface area contributed by atoms with E-state index in [9.17, 15) is 0 Å². The van der Waals surface area contributed by atoms with E-state index in [0.717, 1.165) is 21.9 Å². The van der Waals surface area contributed by atoms with Crippen molar-refractivity contribution in [3.8, 4) is 0 Å². The topological polar surface area (TPSA) is 13.1 Å². The average Bonchev–Trinajstić information content (AvgIpc) is 2.10. The van der Waals surface area contributed by atoms with Gasteiger partial charge in [0.15, 0.2) is 0 Å². The van der Waals surface area contributed by atoms with Gasteiger partial charge in [-0.25, -0.2) is 0 Å². The normalized spacial score (nSPS) is 9.90. The van der Waals surface area contributed by atoms with Gasteiger partial charge in [-0.3, -0.25) is 0 Å². The first-order chi connectivity index (χ1) is 4.61. The van der Waals surface area contributed by atoms with Crippen LogP contribution in [0.15, 0.2) is 10.5 Å². The molecule has 0 amide bonds. The average molecular weight is 154 g/mol. The van der Waals surface area contributed by atoms with Crippen molar-refractivity contribution in [2.24, 2.45) is 0 Å². The molecule has 0 saturated heterocycles. The Morgan fingerprint density at radius 1 is 1.50 bits per heavy atom. The second-order valence-corrected chi connectivity index (χ2v) is 3.00. The zero-order valence-electron chi connectivity index (χ0n) is 6.39. The van der Waals surface area contributed by atoms with Gasteiger partial charge in [-0.05, 0) is 26.8 Å². The quantitative estimate of drug-likeness (QED) is 0.455. The smallest absolute Gasteiger partial charge is 0.109 e. The van der Waals surface area contributed by atoms with Crippen LogP contribution in [0.5, 0.6) is 0 Å². The van der Waals surface area contributed by atoms with Crippen LogP contribution in [-0.4, -0.2) is 4.86 Å². The standard InChI is InChI=1S/C8H10OS/c1-5-4-8(7(3)10)6(2)9-5/h4H,1-3H3. The first kappa shape index (κ1) is 7.48. The maximum absolute atomic E-state index is 5.29. The predicted octanol–water partition coefficient (Wildman–Crippen LogP) is 2.63. The summed E-state index contributed by atoms with van der Waals surface area (Å²) in [5.41, 5.74) is 1.06. The molecule has 0 aromatic carbocycles. The van der Waals surface area contributed by atoms with E-state index in [1.807, 2.05) is 26.8 Å². The molecule has 1 aromatic rings. The summed E-state index contributed by atoms with van der Waals surface area (Å²) < 4.78 is 5.29. The molecule has 0 fully saturated rings. The summed E-state index contributed by atoms with van der Waals surface area (Å²) in [4.78, 5) is 0.898. The Hall–Kier alpha value is -0.630. The molecule has 0 radical (unpaired) electrons. The van der Waals surface area contributed by atoms with E-state index in [4.69, 9.17) is 16.6 Å². The Labute approximate surface area is 66.0 Å². The molecule has 1 heterocycles. The molecular formula is C8H10OS. The third-order valence-corrected chi connectivity index (χ3v) is 1.64. The van der Waals surface area contributed by atoms with Gasteiger partial charge in [0.05, 0.1) is 0 Å².